The molecule has 1 aromatic carbocycles. The van der Waals surface area contributed by atoms with E-state index in [9.17, 15) is 4.79 Å². The number of benzene rings is 1. The van der Waals surface area contributed by atoms with E-state index >= 15 is 8.78 Å². The van der Waals surface area contributed by atoms with Crippen LogP contribution in [0.3, 0.4) is 0 Å². The topological polar surface area (TPSA) is 82.0 Å². The maximum atomic E-state index is 15.8. The number of aromatic amines is 1. The van der Waals surface area contributed by atoms with E-state index in [1.54, 1.807) is 35.2 Å². The molecular formula is C28H30F2N4O2. The van der Waals surface area contributed by atoms with Crippen LogP contribution in [0.4, 0.5) is 8.78 Å². The van der Waals surface area contributed by atoms with Crippen molar-refractivity contribution in [3.05, 3.63) is 70.1 Å². The lowest BCUT2D eigenvalue weighted by Crippen LogP contribution is -2.45. The first-order valence-corrected chi connectivity index (χ1v) is 12.6. The second-order valence-electron chi connectivity index (χ2n) is 9.92. The summed E-state index contributed by atoms with van der Waals surface area (Å²) in [6.07, 6.45) is 3.28. The highest BCUT2D eigenvalue weighted by Gasteiger charge is 2.41. The molecule has 2 aliphatic heterocycles. The number of amides is 1. The molecule has 6 nitrogen and oxygen atoms in total. The van der Waals surface area contributed by atoms with Crippen LogP contribution in [0.15, 0.2) is 41.7 Å². The summed E-state index contributed by atoms with van der Waals surface area (Å²) in [6.45, 7) is 5.30. The lowest BCUT2D eigenvalue weighted by Gasteiger charge is -2.39. The van der Waals surface area contributed by atoms with E-state index in [2.05, 4.69) is 9.97 Å². The summed E-state index contributed by atoms with van der Waals surface area (Å²) in [7, 11) is 0. The fraction of sp³-hybridized carbons (Fsp3) is 0.464. The summed E-state index contributed by atoms with van der Waals surface area (Å²) in [4.78, 5) is 23.2. The Morgan fingerprint density at radius 3 is 2.67 bits per heavy atom. The summed E-state index contributed by atoms with van der Waals surface area (Å²) < 4.78 is 36.7. The number of carbonyl (C=O) groups excluding carboxylic acids is 1. The molecule has 36 heavy (non-hydrogen) atoms. The van der Waals surface area contributed by atoms with Crippen molar-refractivity contribution in [1.29, 1.82) is 5.26 Å². The molecule has 0 bridgehead atoms. The first-order valence-electron chi connectivity index (χ1n) is 12.6. The molecule has 1 amide bonds. The van der Waals surface area contributed by atoms with Gasteiger partial charge in [-0.2, -0.15) is 5.26 Å². The fourth-order valence-corrected chi connectivity index (χ4v) is 5.62. The number of hydrogen-bond acceptors (Lipinski definition) is 4. The molecule has 1 fully saturated rings. The molecule has 2 unspecified atom stereocenters. The van der Waals surface area contributed by atoms with Gasteiger partial charge in [0.1, 0.15) is 17.3 Å². The minimum absolute atomic E-state index is 0.166. The maximum absolute atomic E-state index is 15.8. The molecule has 5 rings (SSSR count). The minimum Gasteiger partial charge on any atom is -0.375 e. The molecule has 0 spiro atoms. The zero-order valence-corrected chi connectivity index (χ0v) is 20.6. The molecule has 0 radical (unpaired) electrons. The van der Waals surface area contributed by atoms with Crippen LogP contribution < -0.4 is 0 Å². The van der Waals surface area contributed by atoms with Crippen molar-refractivity contribution in [2.75, 3.05) is 19.7 Å². The second-order valence-corrected chi connectivity index (χ2v) is 9.92. The van der Waals surface area contributed by atoms with Gasteiger partial charge in [-0.05, 0) is 36.1 Å². The third-order valence-electron chi connectivity index (χ3n) is 7.87. The number of nitrogens with one attached hydrogen (secondary N) is 1. The standard InChI is InChI=1S/C28H30F2N4O2/c1-3-20-17(2)25(29)22(26-32-23-8-13-36-16-24(23)33-26)14-21(20)27(35)34-11-9-28(30,10-12-34)19-6-4-18(15-31)5-7-19/h4-7,14,17,20H,3,8-13,16H2,1-2H3,(H,32,33). The van der Waals surface area contributed by atoms with Crippen LogP contribution in [-0.2, 0) is 28.2 Å². The van der Waals surface area contributed by atoms with Crippen LogP contribution in [-0.4, -0.2) is 40.5 Å². The van der Waals surface area contributed by atoms with Crippen LogP contribution >= 0.6 is 0 Å². The van der Waals surface area contributed by atoms with Crippen LogP contribution in [0, 0.1) is 23.2 Å². The van der Waals surface area contributed by atoms with Gasteiger partial charge in [0.15, 0.2) is 0 Å². The Balaban J connectivity index is 1.38. The molecule has 2 aromatic rings. The molecule has 1 N–H and O–H groups in total. The smallest absolute Gasteiger partial charge is 0.250 e. The maximum Gasteiger partial charge on any atom is 0.250 e. The molecule has 1 aliphatic carbocycles. The third-order valence-corrected chi connectivity index (χ3v) is 7.87. The van der Waals surface area contributed by atoms with Gasteiger partial charge in [0, 0.05) is 49.4 Å². The highest BCUT2D eigenvalue weighted by Crippen LogP contribution is 2.43. The number of H-pyrrole nitrogens is 1. The summed E-state index contributed by atoms with van der Waals surface area (Å²) in [5.41, 5.74) is 2.07. The SMILES string of the molecule is CCC1C(C(=O)N2CCC(F)(c3ccc(C#N)cc3)CC2)=CC(c2nc3c([nH]2)COCC3)=C(F)C1C. The lowest BCUT2D eigenvalue weighted by atomic mass is 9.77. The minimum atomic E-state index is -1.55. The summed E-state index contributed by atoms with van der Waals surface area (Å²) in [6, 6.07) is 8.60. The van der Waals surface area contributed by atoms with Crippen molar-refractivity contribution >= 4 is 11.5 Å². The number of aromatic nitrogens is 2. The van der Waals surface area contributed by atoms with Crippen molar-refractivity contribution in [2.24, 2.45) is 11.8 Å². The van der Waals surface area contributed by atoms with Gasteiger partial charge in [0.05, 0.1) is 36.2 Å². The van der Waals surface area contributed by atoms with Crippen LogP contribution in [0.25, 0.3) is 5.57 Å². The zero-order chi connectivity index (χ0) is 25.4. The van der Waals surface area contributed by atoms with Crippen LogP contribution in [0.5, 0.6) is 0 Å². The average Bonchev–Trinajstić information content (AvgIpc) is 3.34. The monoisotopic (exact) mass is 492 g/mol. The normalized spacial score (nSPS) is 23.6. The van der Waals surface area contributed by atoms with E-state index in [0.29, 0.717) is 54.2 Å². The number of halogens is 2. The predicted octanol–water partition coefficient (Wildman–Crippen LogP) is 5.12. The number of carbonyl (C=O) groups is 1. The summed E-state index contributed by atoms with van der Waals surface area (Å²) >= 11 is 0. The first-order chi connectivity index (χ1) is 17.3. The van der Waals surface area contributed by atoms with Crippen molar-refractivity contribution in [1.82, 2.24) is 14.9 Å². The number of imidazole rings is 1. The zero-order valence-electron chi connectivity index (χ0n) is 20.6. The number of hydrogen-bond donors (Lipinski definition) is 1. The van der Waals surface area contributed by atoms with E-state index in [1.165, 1.54) is 0 Å². The Morgan fingerprint density at radius 2 is 2.03 bits per heavy atom. The molecule has 8 heteroatoms. The Labute approximate surface area is 209 Å². The Bertz CT molecular complexity index is 1240. The summed E-state index contributed by atoms with van der Waals surface area (Å²) in [5, 5.41) is 9.00. The largest absolute Gasteiger partial charge is 0.375 e. The van der Waals surface area contributed by atoms with Crippen LogP contribution in [0.2, 0.25) is 0 Å². The summed E-state index contributed by atoms with van der Waals surface area (Å²) in [5.74, 6) is -0.731. The predicted molar refractivity (Wildman–Crippen MR) is 131 cm³/mol. The third kappa shape index (κ3) is 4.26. The first kappa shape index (κ1) is 24.4. The molecule has 3 aliphatic rings. The van der Waals surface area contributed by atoms with Gasteiger partial charge in [-0.25, -0.2) is 13.8 Å². The van der Waals surface area contributed by atoms with Crippen molar-refractivity contribution < 1.29 is 18.3 Å². The fourth-order valence-electron chi connectivity index (χ4n) is 5.62. The molecule has 2 atom stereocenters. The number of alkyl halides is 1. The van der Waals surface area contributed by atoms with Gasteiger partial charge in [-0.1, -0.05) is 26.0 Å². The lowest BCUT2D eigenvalue weighted by molar-refractivity contribution is -0.130. The number of ether oxygens (including phenoxy) is 1. The Morgan fingerprint density at radius 1 is 1.31 bits per heavy atom. The van der Waals surface area contributed by atoms with E-state index in [4.69, 9.17) is 10.00 Å². The van der Waals surface area contributed by atoms with E-state index in [0.717, 1.165) is 11.4 Å². The van der Waals surface area contributed by atoms with Crippen molar-refractivity contribution in [3.8, 4) is 6.07 Å². The van der Waals surface area contributed by atoms with E-state index in [-0.39, 0.29) is 43.6 Å². The highest BCUT2D eigenvalue weighted by atomic mass is 19.1. The molecule has 188 valence electrons. The van der Waals surface area contributed by atoms with Crippen molar-refractivity contribution in [2.45, 2.75) is 51.8 Å². The second kappa shape index (κ2) is 9.62. The van der Waals surface area contributed by atoms with E-state index < -0.39 is 11.6 Å². The number of fused-ring (bicyclic) bond motifs is 1. The number of rotatable bonds is 4. The molecule has 3 heterocycles. The Hall–Kier alpha value is -3.31. The van der Waals surface area contributed by atoms with Gasteiger partial charge in [0.25, 0.3) is 0 Å². The van der Waals surface area contributed by atoms with Gasteiger partial charge in [0.2, 0.25) is 5.91 Å². The number of likely N-dealkylation sites (tertiary alicyclic amines) is 1. The molecular weight excluding hydrogens is 462 g/mol. The van der Waals surface area contributed by atoms with Gasteiger partial charge in [-0.15, -0.1) is 0 Å². The van der Waals surface area contributed by atoms with Gasteiger partial charge >= 0.3 is 0 Å². The van der Waals surface area contributed by atoms with Crippen LogP contribution in [0.1, 0.15) is 61.4 Å². The highest BCUT2D eigenvalue weighted by molar-refractivity contribution is 5.98. The number of allylic oxidation sites excluding steroid dienone is 3. The quantitative estimate of drug-likeness (QED) is 0.642. The van der Waals surface area contributed by atoms with E-state index in [1.807, 2.05) is 19.9 Å². The Kier molecular flexibility index (Phi) is 6.52. The number of nitrogens with zero attached hydrogens (tertiary/aromatic N) is 3. The molecule has 0 saturated carbocycles. The van der Waals surface area contributed by atoms with Gasteiger partial charge in [-0.3, -0.25) is 4.79 Å². The average molecular weight is 493 g/mol. The number of nitriles is 1. The molecule has 1 saturated heterocycles. The van der Waals surface area contributed by atoms with Gasteiger partial charge < -0.3 is 14.6 Å². The molecule has 1 aromatic heterocycles. The van der Waals surface area contributed by atoms with Crippen molar-refractivity contribution in [3.63, 3.8) is 0 Å². The number of piperidine rings is 1.